The molecule has 6 heteroatoms. The van der Waals surface area contributed by atoms with Gasteiger partial charge in [0.1, 0.15) is 4.90 Å². The molecule has 0 unspecified atom stereocenters. The van der Waals surface area contributed by atoms with E-state index < -0.39 is 10.0 Å². The molecule has 1 aliphatic heterocycles. The van der Waals surface area contributed by atoms with Crippen LogP contribution in [0.2, 0.25) is 0 Å². The molecule has 1 aromatic carbocycles. The highest BCUT2D eigenvalue weighted by Crippen LogP contribution is 2.32. The number of anilines is 1. The summed E-state index contributed by atoms with van der Waals surface area (Å²) in [6.45, 7) is 5.60. The van der Waals surface area contributed by atoms with Crippen LogP contribution in [-0.2, 0) is 10.0 Å². The third-order valence-electron chi connectivity index (χ3n) is 3.55. The van der Waals surface area contributed by atoms with E-state index in [0.717, 1.165) is 12.1 Å². The maximum Gasteiger partial charge on any atom is 0.242 e. The molecule has 19 heavy (non-hydrogen) atoms. The Morgan fingerprint density at radius 1 is 1.32 bits per heavy atom. The zero-order valence-electron chi connectivity index (χ0n) is 11.4. The highest BCUT2D eigenvalue weighted by molar-refractivity contribution is 7.89. The largest absolute Gasteiger partial charge is 0.367 e. The molecular weight excluding hydrogens is 262 g/mol. The standard InChI is InChI=1S/C13H21N3O2S/c1-3-13(14)9-16(10-13)11-7-5-6-8-12(11)19(17,18)15-4-2/h5-8,15H,3-4,9-10,14H2,1-2H3. The minimum Gasteiger partial charge on any atom is -0.367 e. The Hall–Kier alpha value is -1.11. The molecule has 0 bridgehead atoms. The van der Waals surface area contributed by atoms with Crippen LogP contribution in [0, 0.1) is 0 Å². The molecular formula is C13H21N3O2S. The molecule has 106 valence electrons. The van der Waals surface area contributed by atoms with E-state index >= 15 is 0 Å². The summed E-state index contributed by atoms with van der Waals surface area (Å²) in [5.74, 6) is 0. The van der Waals surface area contributed by atoms with Crippen molar-refractivity contribution in [1.29, 1.82) is 0 Å². The second-order valence-corrected chi connectivity index (χ2v) is 6.78. The minimum atomic E-state index is -3.44. The summed E-state index contributed by atoms with van der Waals surface area (Å²) in [4.78, 5) is 2.35. The molecule has 1 aliphatic rings. The number of hydrogen-bond acceptors (Lipinski definition) is 4. The first kappa shape index (κ1) is 14.3. The van der Waals surface area contributed by atoms with E-state index in [-0.39, 0.29) is 5.54 Å². The first-order valence-corrected chi connectivity index (χ1v) is 8.03. The van der Waals surface area contributed by atoms with Gasteiger partial charge in [-0.15, -0.1) is 0 Å². The van der Waals surface area contributed by atoms with Crippen LogP contribution in [0.15, 0.2) is 29.2 Å². The molecule has 0 spiro atoms. The lowest BCUT2D eigenvalue weighted by molar-refractivity contribution is 0.321. The lowest BCUT2D eigenvalue weighted by atomic mass is 9.88. The van der Waals surface area contributed by atoms with Crippen molar-refractivity contribution >= 4 is 15.7 Å². The summed E-state index contributed by atoms with van der Waals surface area (Å²) in [5.41, 5.74) is 6.69. The van der Waals surface area contributed by atoms with Gasteiger partial charge in [-0.2, -0.15) is 0 Å². The van der Waals surface area contributed by atoms with Gasteiger partial charge >= 0.3 is 0 Å². The van der Waals surface area contributed by atoms with Crippen LogP contribution >= 0.6 is 0 Å². The van der Waals surface area contributed by atoms with E-state index in [1.165, 1.54) is 0 Å². The van der Waals surface area contributed by atoms with Gasteiger partial charge < -0.3 is 10.6 Å². The van der Waals surface area contributed by atoms with Crippen LogP contribution in [0.4, 0.5) is 5.69 Å². The van der Waals surface area contributed by atoms with Crippen molar-refractivity contribution in [2.75, 3.05) is 24.5 Å². The number of nitrogens with one attached hydrogen (secondary N) is 1. The quantitative estimate of drug-likeness (QED) is 0.842. The predicted molar refractivity (Wildman–Crippen MR) is 76.7 cm³/mol. The van der Waals surface area contributed by atoms with Crippen LogP contribution in [0.3, 0.4) is 0 Å². The van der Waals surface area contributed by atoms with Gasteiger partial charge in [-0.05, 0) is 18.6 Å². The molecule has 0 radical (unpaired) electrons. The number of para-hydroxylation sites is 1. The van der Waals surface area contributed by atoms with Gasteiger partial charge in [0.25, 0.3) is 0 Å². The van der Waals surface area contributed by atoms with E-state index in [0.29, 0.717) is 24.5 Å². The van der Waals surface area contributed by atoms with Crippen molar-refractivity contribution in [2.45, 2.75) is 30.7 Å². The molecule has 0 saturated carbocycles. The maximum atomic E-state index is 12.2. The molecule has 0 atom stereocenters. The highest BCUT2D eigenvalue weighted by atomic mass is 32.2. The molecule has 1 heterocycles. The molecule has 0 amide bonds. The molecule has 0 aliphatic carbocycles. The SMILES string of the molecule is CCNS(=O)(=O)c1ccccc1N1CC(N)(CC)C1. The number of hydrogen-bond donors (Lipinski definition) is 2. The van der Waals surface area contributed by atoms with Crippen molar-refractivity contribution in [2.24, 2.45) is 5.73 Å². The first-order chi connectivity index (χ1) is 8.92. The third kappa shape index (κ3) is 2.75. The maximum absolute atomic E-state index is 12.2. The average molecular weight is 283 g/mol. The Balaban J connectivity index is 2.29. The van der Waals surface area contributed by atoms with Crippen LogP contribution in [0.5, 0.6) is 0 Å². The van der Waals surface area contributed by atoms with Crippen LogP contribution in [-0.4, -0.2) is 33.6 Å². The van der Waals surface area contributed by atoms with E-state index in [4.69, 9.17) is 5.73 Å². The summed E-state index contributed by atoms with van der Waals surface area (Å²) in [5, 5.41) is 0. The van der Waals surface area contributed by atoms with Crippen LogP contribution < -0.4 is 15.4 Å². The zero-order chi connectivity index (χ0) is 14.1. The summed E-state index contributed by atoms with van der Waals surface area (Å²) < 4.78 is 26.8. The smallest absolute Gasteiger partial charge is 0.242 e. The molecule has 5 nitrogen and oxygen atoms in total. The topological polar surface area (TPSA) is 75.4 Å². The fourth-order valence-electron chi connectivity index (χ4n) is 2.32. The zero-order valence-corrected chi connectivity index (χ0v) is 12.2. The fourth-order valence-corrected chi connectivity index (χ4v) is 3.59. The van der Waals surface area contributed by atoms with Crippen LogP contribution in [0.1, 0.15) is 20.3 Å². The van der Waals surface area contributed by atoms with Crippen molar-refractivity contribution < 1.29 is 8.42 Å². The number of nitrogens with zero attached hydrogens (tertiary/aromatic N) is 1. The van der Waals surface area contributed by atoms with Crippen molar-refractivity contribution in [3.63, 3.8) is 0 Å². The predicted octanol–water partition coefficient (Wildman–Crippen LogP) is 0.912. The van der Waals surface area contributed by atoms with Gasteiger partial charge in [-0.1, -0.05) is 26.0 Å². The Kier molecular flexibility index (Phi) is 3.85. The van der Waals surface area contributed by atoms with Gasteiger partial charge in [-0.25, -0.2) is 13.1 Å². The Morgan fingerprint density at radius 3 is 2.53 bits per heavy atom. The third-order valence-corrected chi connectivity index (χ3v) is 5.14. The highest BCUT2D eigenvalue weighted by Gasteiger charge is 2.39. The van der Waals surface area contributed by atoms with Crippen molar-refractivity contribution in [3.05, 3.63) is 24.3 Å². The lowest BCUT2D eigenvalue weighted by Gasteiger charge is -2.49. The van der Waals surface area contributed by atoms with Gasteiger partial charge in [0.15, 0.2) is 0 Å². The van der Waals surface area contributed by atoms with Crippen molar-refractivity contribution in [1.82, 2.24) is 4.72 Å². The second kappa shape index (κ2) is 5.11. The molecule has 1 aromatic rings. The minimum absolute atomic E-state index is 0.185. The number of sulfonamides is 1. The molecule has 0 aromatic heterocycles. The van der Waals surface area contributed by atoms with E-state index in [2.05, 4.69) is 11.6 Å². The Morgan fingerprint density at radius 2 is 1.95 bits per heavy atom. The summed E-state index contributed by atoms with van der Waals surface area (Å²) in [7, 11) is -3.44. The molecule has 2 rings (SSSR count). The summed E-state index contributed by atoms with van der Waals surface area (Å²) >= 11 is 0. The summed E-state index contributed by atoms with van der Waals surface area (Å²) in [6, 6.07) is 7.06. The van der Waals surface area contributed by atoms with E-state index in [9.17, 15) is 8.42 Å². The van der Waals surface area contributed by atoms with Gasteiger partial charge in [-0.3, -0.25) is 0 Å². The summed E-state index contributed by atoms with van der Waals surface area (Å²) in [6.07, 6.45) is 0.894. The van der Waals surface area contributed by atoms with Gasteiger partial charge in [0.05, 0.1) is 11.2 Å². The normalized spacial score (nSPS) is 18.2. The molecule has 1 saturated heterocycles. The molecule has 3 N–H and O–H groups in total. The number of nitrogens with two attached hydrogens (primary N) is 1. The number of rotatable bonds is 5. The van der Waals surface area contributed by atoms with Gasteiger partial charge in [0.2, 0.25) is 10.0 Å². The Labute approximate surface area is 114 Å². The monoisotopic (exact) mass is 283 g/mol. The Bertz CT molecular complexity index is 551. The molecule has 1 fully saturated rings. The van der Waals surface area contributed by atoms with Crippen molar-refractivity contribution in [3.8, 4) is 0 Å². The second-order valence-electron chi connectivity index (χ2n) is 5.04. The fraction of sp³-hybridized carbons (Fsp3) is 0.538. The number of benzene rings is 1. The average Bonchev–Trinajstić information content (AvgIpc) is 2.35. The van der Waals surface area contributed by atoms with E-state index in [1.807, 2.05) is 17.0 Å². The van der Waals surface area contributed by atoms with Crippen LogP contribution in [0.25, 0.3) is 0 Å². The first-order valence-electron chi connectivity index (χ1n) is 6.54. The van der Waals surface area contributed by atoms with Gasteiger partial charge in [0, 0.05) is 19.6 Å². The lowest BCUT2D eigenvalue weighted by Crippen LogP contribution is -2.67. The van der Waals surface area contributed by atoms with E-state index in [1.54, 1.807) is 19.1 Å².